The van der Waals surface area contributed by atoms with E-state index in [1.165, 1.54) is 11.1 Å². The van der Waals surface area contributed by atoms with E-state index in [2.05, 4.69) is 50.0 Å². The summed E-state index contributed by atoms with van der Waals surface area (Å²) in [7, 11) is 0. The summed E-state index contributed by atoms with van der Waals surface area (Å²) >= 11 is 1.63. The van der Waals surface area contributed by atoms with E-state index in [-0.39, 0.29) is 23.1 Å². The third-order valence-corrected chi connectivity index (χ3v) is 6.04. The Morgan fingerprint density at radius 1 is 1.21 bits per heavy atom. The van der Waals surface area contributed by atoms with Gasteiger partial charge < -0.3 is 9.72 Å². The van der Waals surface area contributed by atoms with Gasteiger partial charge in [0.1, 0.15) is 12.3 Å². The summed E-state index contributed by atoms with van der Waals surface area (Å²) in [5.41, 5.74) is 5.23. The van der Waals surface area contributed by atoms with Crippen LogP contribution in [0.4, 0.5) is 0 Å². The number of carbonyl (C=O) groups excluding carboxylic acids is 2. The fourth-order valence-corrected chi connectivity index (χ4v) is 4.07. The van der Waals surface area contributed by atoms with E-state index in [0.717, 1.165) is 23.4 Å². The number of nitrogens with one attached hydrogen (secondary N) is 1. The Morgan fingerprint density at radius 2 is 1.89 bits per heavy atom. The highest BCUT2D eigenvalue weighted by atomic mass is 32.2. The standard InChI is InChI=1S/C23H29NO3S/c1-14-20-18(24-21(14)22(26)27-10-11-28-5)12-16(13-19(20)25)15-6-8-17(9-7-15)23(2,3)4/h6-9,16,24H,10-13H2,1-5H3/t16-/m0/s1. The SMILES string of the molecule is CSCCOC(=O)c1[nH]c2c(c1C)C(=O)C[C@@H](c1ccc(C(C)(C)C)cc1)C2. The van der Waals surface area contributed by atoms with Crippen LogP contribution < -0.4 is 0 Å². The molecule has 1 aliphatic carbocycles. The molecule has 28 heavy (non-hydrogen) atoms. The molecule has 0 saturated heterocycles. The van der Waals surface area contributed by atoms with Crippen molar-refractivity contribution < 1.29 is 14.3 Å². The first-order valence-corrected chi connectivity index (χ1v) is 11.1. The maximum atomic E-state index is 12.8. The monoisotopic (exact) mass is 399 g/mol. The van der Waals surface area contributed by atoms with E-state index < -0.39 is 0 Å². The lowest BCUT2D eigenvalue weighted by molar-refractivity contribution is 0.0523. The molecule has 2 aromatic rings. The third-order valence-electron chi connectivity index (χ3n) is 5.46. The minimum atomic E-state index is -0.375. The molecule has 5 heteroatoms. The number of ketones is 1. The minimum Gasteiger partial charge on any atom is -0.460 e. The summed E-state index contributed by atoms with van der Waals surface area (Å²) in [5.74, 6) is 0.617. The molecule has 0 unspecified atom stereocenters. The van der Waals surface area contributed by atoms with Crippen molar-refractivity contribution in [2.24, 2.45) is 0 Å². The van der Waals surface area contributed by atoms with E-state index in [1.54, 1.807) is 11.8 Å². The van der Waals surface area contributed by atoms with Gasteiger partial charge in [-0.25, -0.2) is 4.79 Å². The summed E-state index contributed by atoms with van der Waals surface area (Å²) in [6.07, 6.45) is 3.18. The second kappa shape index (κ2) is 8.16. The number of fused-ring (bicyclic) bond motifs is 1. The molecule has 3 rings (SSSR count). The molecule has 1 heterocycles. The maximum Gasteiger partial charge on any atom is 0.355 e. The van der Waals surface area contributed by atoms with E-state index in [9.17, 15) is 9.59 Å². The number of aromatic nitrogens is 1. The van der Waals surface area contributed by atoms with Crippen molar-refractivity contribution in [2.75, 3.05) is 18.6 Å². The lowest BCUT2D eigenvalue weighted by atomic mass is 9.80. The first kappa shape index (κ1) is 20.7. The Kier molecular flexibility index (Phi) is 6.04. The number of esters is 1. The Bertz CT molecular complexity index is 874. The van der Waals surface area contributed by atoms with Crippen LogP contribution in [0.1, 0.15) is 76.3 Å². The zero-order valence-corrected chi connectivity index (χ0v) is 18.2. The topological polar surface area (TPSA) is 59.2 Å². The molecule has 1 aromatic carbocycles. The number of hydrogen-bond donors (Lipinski definition) is 1. The van der Waals surface area contributed by atoms with Gasteiger partial charge in [-0.15, -0.1) is 0 Å². The largest absolute Gasteiger partial charge is 0.460 e. The van der Waals surface area contributed by atoms with Crippen LogP contribution in [0, 0.1) is 6.92 Å². The lowest BCUT2D eigenvalue weighted by Gasteiger charge is -2.24. The number of benzene rings is 1. The highest BCUT2D eigenvalue weighted by Gasteiger charge is 2.32. The van der Waals surface area contributed by atoms with Gasteiger partial charge in [0.15, 0.2) is 5.78 Å². The van der Waals surface area contributed by atoms with E-state index in [1.807, 2.05) is 13.2 Å². The molecule has 4 nitrogen and oxygen atoms in total. The summed E-state index contributed by atoms with van der Waals surface area (Å²) < 4.78 is 5.32. The molecule has 1 aromatic heterocycles. The first-order chi connectivity index (χ1) is 13.2. The van der Waals surface area contributed by atoms with Crippen LogP contribution in [0.3, 0.4) is 0 Å². The molecule has 1 aliphatic rings. The molecule has 150 valence electrons. The first-order valence-electron chi connectivity index (χ1n) is 9.73. The highest BCUT2D eigenvalue weighted by Crippen LogP contribution is 2.36. The summed E-state index contributed by atoms with van der Waals surface area (Å²) in [5, 5.41) is 0. The number of rotatable bonds is 5. The second-order valence-electron chi connectivity index (χ2n) is 8.51. The van der Waals surface area contributed by atoms with Gasteiger partial charge in [-0.3, -0.25) is 4.79 Å². The van der Waals surface area contributed by atoms with Gasteiger partial charge in [-0.2, -0.15) is 11.8 Å². The average molecular weight is 400 g/mol. The van der Waals surface area contributed by atoms with Crippen molar-refractivity contribution in [2.45, 2.75) is 51.9 Å². The maximum absolute atomic E-state index is 12.8. The number of aromatic amines is 1. The van der Waals surface area contributed by atoms with Crippen LogP contribution in [0.5, 0.6) is 0 Å². The van der Waals surface area contributed by atoms with Crippen LogP contribution in [-0.4, -0.2) is 35.4 Å². The molecule has 0 saturated carbocycles. The second-order valence-corrected chi connectivity index (χ2v) is 9.49. The third kappa shape index (κ3) is 4.19. The van der Waals surface area contributed by atoms with Gasteiger partial charge in [0.25, 0.3) is 0 Å². The zero-order valence-electron chi connectivity index (χ0n) is 17.3. The van der Waals surface area contributed by atoms with Crippen molar-refractivity contribution in [1.29, 1.82) is 0 Å². The molecular weight excluding hydrogens is 370 g/mol. The molecular formula is C23H29NO3S. The van der Waals surface area contributed by atoms with Gasteiger partial charge in [0, 0.05) is 23.4 Å². The Morgan fingerprint density at radius 3 is 2.50 bits per heavy atom. The average Bonchev–Trinajstić information content (AvgIpc) is 2.98. The summed E-state index contributed by atoms with van der Waals surface area (Å²) in [6, 6.07) is 8.58. The number of carbonyl (C=O) groups is 2. The molecule has 1 atom stereocenters. The van der Waals surface area contributed by atoms with Gasteiger partial charge >= 0.3 is 5.97 Å². The van der Waals surface area contributed by atoms with E-state index >= 15 is 0 Å². The Labute approximate surface area is 171 Å². The van der Waals surface area contributed by atoms with Gasteiger partial charge in [0.05, 0.1) is 0 Å². The van der Waals surface area contributed by atoms with Crippen molar-refractivity contribution in [1.82, 2.24) is 4.98 Å². The highest BCUT2D eigenvalue weighted by molar-refractivity contribution is 7.98. The predicted octanol–water partition coefficient (Wildman–Crippen LogP) is 5.05. The molecule has 0 amide bonds. The predicted molar refractivity (Wildman–Crippen MR) is 115 cm³/mol. The fraction of sp³-hybridized carbons (Fsp3) is 0.478. The number of thioether (sulfide) groups is 1. The van der Waals surface area contributed by atoms with Crippen LogP contribution >= 0.6 is 11.8 Å². The Balaban J connectivity index is 1.82. The molecule has 0 radical (unpaired) electrons. The fourth-order valence-electron chi connectivity index (χ4n) is 3.82. The van der Waals surface area contributed by atoms with Crippen molar-refractivity contribution in [3.63, 3.8) is 0 Å². The van der Waals surface area contributed by atoms with Gasteiger partial charge in [-0.1, -0.05) is 45.0 Å². The van der Waals surface area contributed by atoms with Crippen LogP contribution in [-0.2, 0) is 16.6 Å². The lowest BCUT2D eigenvalue weighted by Crippen LogP contribution is -2.19. The quantitative estimate of drug-likeness (QED) is 0.564. The van der Waals surface area contributed by atoms with Crippen LogP contribution in [0.2, 0.25) is 0 Å². The van der Waals surface area contributed by atoms with Gasteiger partial charge in [-0.05, 0) is 47.6 Å². The van der Waals surface area contributed by atoms with E-state index in [4.69, 9.17) is 4.74 Å². The van der Waals surface area contributed by atoms with Crippen LogP contribution in [0.15, 0.2) is 24.3 Å². The van der Waals surface area contributed by atoms with Crippen molar-refractivity contribution >= 4 is 23.5 Å². The number of hydrogen-bond acceptors (Lipinski definition) is 4. The summed E-state index contributed by atoms with van der Waals surface area (Å²) in [4.78, 5) is 28.4. The number of H-pyrrole nitrogens is 1. The summed E-state index contributed by atoms with van der Waals surface area (Å²) in [6.45, 7) is 8.79. The van der Waals surface area contributed by atoms with E-state index in [0.29, 0.717) is 24.3 Å². The van der Waals surface area contributed by atoms with Crippen molar-refractivity contribution in [3.05, 3.63) is 57.9 Å². The molecule has 0 aliphatic heterocycles. The van der Waals surface area contributed by atoms with Gasteiger partial charge in [0.2, 0.25) is 0 Å². The zero-order chi connectivity index (χ0) is 20.5. The normalized spacial score (nSPS) is 16.8. The van der Waals surface area contributed by atoms with Crippen molar-refractivity contribution in [3.8, 4) is 0 Å². The molecule has 0 bridgehead atoms. The van der Waals surface area contributed by atoms with Crippen LogP contribution in [0.25, 0.3) is 0 Å². The molecule has 0 fully saturated rings. The number of ether oxygens (including phenoxy) is 1. The Hall–Kier alpha value is -2.01. The minimum absolute atomic E-state index is 0.100. The smallest absolute Gasteiger partial charge is 0.355 e. The molecule has 0 spiro atoms. The molecule has 1 N–H and O–H groups in total. The number of Topliss-reactive ketones (excluding diaryl/α,β-unsaturated/α-hetero) is 1.